The lowest BCUT2D eigenvalue weighted by molar-refractivity contribution is -0.155. The Labute approximate surface area is 108 Å². The second-order valence-electron chi connectivity index (χ2n) is 3.86. The molecule has 5 N–H and O–H groups in total. The molecular weight excluding hydrogens is 260 g/mol. The molecule has 19 heavy (non-hydrogen) atoms. The summed E-state index contributed by atoms with van der Waals surface area (Å²) < 4.78 is 0. The van der Waals surface area contributed by atoms with Crippen LogP contribution in [0.5, 0.6) is 0 Å². The third kappa shape index (κ3) is 5.44. The summed E-state index contributed by atoms with van der Waals surface area (Å²) in [6, 6.07) is -2.84. The quantitative estimate of drug-likeness (QED) is 0.310. The summed E-state index contributed by atoms with van der Waals surface area (Å²) >= 11 is 0. The van der Waals surface area contributed by atoms with Crippen LogP contribution in [0.15, 0.2) is 0 Å². The molecule has 2 amide bonds. The molecule has 9 nitrogen and oxygen atoms in total. The molecule has 108 valence electrons. The van der Waals surface area contributed by atoms with Crippen molar-refractivity contribution in [1.29, 1.82) is 0 Å². The molecule has 0 bridgehead atoms. The molecule has 0 aliphatic rings. The highest BCUT2D eigenvalue weighted by atomic mass is 16.4. The molecule has 0 fully saturated rings. The molecule has 0 aliphatic carbocycles. The first-order chi connectivity index (χ1) is 8.70. The van der Waals surface area contributed by atoms with Gasteiger partial charge in [0.15, 0.2) is 6.10 Å². The van der Waals surface area contributed by atoms with E-state index in [4.69, 9.17) is 5.11 Å². The summed E-state index contributed by atoms with van der Waals surface area (Å²) in [5.74, 6) is -3.02. The lowest BCUT2D eigenvalue weighted by atomic mass is 9.98. The number of hydrogen-bond donors (Lipinski definition) is 5. The van der Waals surface area contributed by atoms with Gasteiger partial charge >= 0.3 is 5.97 Å². The van der Waals surface area contributed by atoms with Gasteiger partial charge in [0.05, 0.1) is 6.04 Å². The minimum atomic E-state index is -2.21. The van der Waals surface area contributed by atoms with E-state index in [1.807, 2.05) is 0 Å². The van der Waals surface area contributed by atoms with Crippen LogP contribution >= 0.6 is 0 Å². The fourth-order valence-electron chi connectivity index (χ4n) is 1.41. The molecule has 0 aromatic rings. The van der Waals surface area contributed by atoms with E-state index in [-0.39, 0.29) is 6.29 Å². The molecular formula is C10H16N2O7. The highest BCUT2D eigenvalue weighted by Crippen LogP contribution is 2.05. The van der Waals surface area contributed by atoms with Crippen molar-refractivity contribution in [2.24, 2.45) is 0 Å². The van der Waals surface area contributed by atoms with Gasteiger partial charge in [-0.3, -0.25) is 9.59 Å². The fourth-order valence-corrected chi connectivity index (χ4v) is 1.41. The summed E-state index contributed by atoms with van der Waals surface area (Å²) in [5, 5.41) is 31.7. The molecule has 9 heteroatoms. The van der Waals surface area contributed by atoms with Crippen molar-refractivity contribution in [2.75, 3.05) is 0 Å². The van der Waals surface area contributed by atoms with E-state index in [9.17, 15) is 29.4 Å². The SMILES string of the molecule is CC(=O)N[C@H]([C@@H](O)[C@@H](O)C(=O)O)[C@@H](C=O)NC(C)=O. The van der Waals surface area contributed by atoms with Crippen LogP contribution in [-0.2, 0) is 19.2 Å². The molecule has 0 heterocycles. The first kappa shape index (κ1) is 17.0. The second-order valence-corrected chi connectivity index (χ2v) is 3.86. The highest BCUT2D eigenvalue weighted by Gasteiger charge is 2.37. The molecule has 4 atom stereocenters. The summed E-state index contributed by atoms with van der Waals surface area (Å²) in [7, 11) is 0. The fraction of sp³-hybridized carbons (Fsp3) is 0.600. The van der Waals surface area contributed by atoms with Crippen LogP contribution in [0.25, 0.3) is 0 Å². The van der Waals surface area contributed by atoms with Gasteiger partial charge in [-0.1, -0.05) is 0 Å². The van der Waals surface area contributed by atoms with E-state index in [1.54, 1.807) is 0 Å². The van der Waals surface area contributed by atoms with Crippen molar-refractivity contribution in [3.8, 4) is 0 Å². The molecule has 0 saturated heterocycles. The third-order valence-corrected chi connectivity index (χ3v) is 2.22. The maximum Gasteiger partial charge on any atom is 0.335 e. The van der Waals surface area contributed by atoms with Gasteiger partial charge in [-0.05, 0) is 0 Å². The highest BCUT2D eigenvalue weighted by molar-refractivity contribution is 5.80. The van der Waals surface area contributed by atoms with Crippen LogP contribution in [0, 0.1) is 0 Å². The van der Waals surface area contributed by atoms with Crippen LogP contribution < -0.4 is 10.6 Å². The number of carboxylic acid groups (broad SMARTS) is 1. The number of aliphatic hydroxyl groups is 2. The summed E-state index contributed by atoms with van der Waals surface area (Å²) in [6.07, 6.45) is -3.96. The first-order valence-corrected chi connectivity index (χ1v) is 5.29. The van der Waals surface area contributed by atoms with E-state index >= 15 is 0 Å². The van der Waals surface area contributed by atoms with E-state index in [0.29, 0.717) is 0 Å². The smallest absolute Gasteiger partial charge is 0.335 e. The molecule has 0 aromatic heterocycles. The molecule has 0 aliphatic heterocycles. The van der Waals surface area contributed by atoms with Crippen molar-refractivity contribution < 1.29 is 34.5 Å². The van der Waals surface area contributed by atoms with Crippen LogP contribution in [0.2, 0.25) is 0 Å². The van der Waals surface area contributed by atoms with Gasteiger partial charge in [0.2, 0.25) is 11.8 Å². The average molecular weight is 276 g/mol. The molecule has 0 saturated carbocycles. The van der Waals surface area contributed by atoms with Crippen molar-refractivity contribution in [1.82, 2.24) is 10.6 Å². The Balaban J connectivity index is 5.16. The molecule has 0 radical (unpaired) electrons. The number of rotatable bonds is 7. The molecule has 0 spiro atoms. The Morgan fingerprint density at radius 1 is 1.05 bits per heavy atom. The molecule has 0 aromatic carbocycles. The number of aliphatic hydroxyl groups excluding tert-OH is 2. The van der Waals surface area contributed by atoms with Crippen molar-refractivity contribution in [2.45, 2.75) is 38.1 Å². The minimum Gasteiger partial charge on any atom is -0.479 e. The topological polar surface area (TPSA) is 153 Å². The van der Waals surface area contributed by atoms with E-state index in [0.717, 1.165) is 13.8 Å². The number of amides is 2. The van der Waals surface area contributed by atoms with Gasteiger partial charge < -0.3 is 30.7 Å². The van der Waals surface area contributed by atoms with Crippen molar-refractivity contribution in [3.05, 3.63) is 0 Å². The number of aliphatic carboxylic acids is 1. The Kier molecular flexibility index (Phi) is 6.66. The van der Waals surface area contributed by atoms with Crippen molar-refractivity contribution >= 4 is 24.1 Å². The van der Waals surface area contributed by atoms with Crippen LogP contribution in [0.4, 0.5) is 0 Å². The largest absolute Gasteiger partial charge is 0.479 e. The zero-order valence-corrected chi connectivity index (χ0v) is 10.4. The lowest BCUT2D eigenvalue weighted by Crippen LogP contribution is -2.61. The summed E-state index contributed by atoms with van der Waals surface area (Å²) in [6.45, 7) is 2.17. The van der Waals surface area contributed by atoms with Gasteiger partial charge in [-0.25, -0.2) is 4.79 Å². The second kappa shape index (κ2) is 7.44. The number of carbonyl (C=O) groups is 4. The Morgan fingerprint density at radius 3 is 1.84 bits per heavy atom. The van der Waals surface area contributed by atoms with E-state index in [1.165, 1.54) is 0 Å². The zero-order chi connectivity index (χ0) is 15.2. The maximum atomic E-state index is 11.0. The van der Waals surface area contributed by atoms with Crippen molar-refractivity contribution in [3.63, 3.8) is 0 Å². The Morgan fingerprint density at radius 2 is 1.53 bits per heavy atom. The van der Waals surface area contributed by atoms with Crippen LogP contribution in [-0.4, -0.2) is 63.7 Å². The number of nitrogens with one attached hydrogen (secondary N) is 2. The third-order valence-electron chi connectivity index (χ3n) is 2.22. The minimum absolute atomic E-state index is 0.222. The normalized spacial score (nSPS) is 16.6. The number of aldehydes is 1. The predicted octanol–water partition coefficient (Wildman–Crippen LogP) is -3.00. The van der Waals surface area contributed by atoms with E-state index in [2.05, 4.69) is 10.6 Å². The van der Waals surface area contributed by atoms with Gasteiger partial charge in [-0.2, -0.15) is 0 Å². The van der Waals surface area contributed by atoms with Crippen LogP contribution in [0.3, 0.4) is 0 Å². The lowest BCUT2D eigenvalue weighted by Gasteiger charge is -2.29. The van der Waals surface area contributed by atoms with Gasteiger partial charge in [0, 0.05) is 13.8 Å². The van der Waals surface area contributed by atoms with Gasteiger partial charge in [-0.15, -0.1) is 0 Å². The maximum absolute atomic E-state index is 11.0. The Hall–Kier alpha value is -2.00. The molecule has 0 unspecified atom stereocenters. The van der Waals surface area contributed by atoms with Crippen LogP contribution in [0.1, 0.15) is 13.8 Å². The predicted molar refractivity (Wildman–Crippen MR) is 60.9 cm³/mol. The van der Waals surface area contributed by atoms with Gasteiger partial charge in [0.1, 0.15) is 18.4 Å². The van der Waals surface area contributed by atoms with E-state index < -0.39 is 42.1 Å². The Bertz CT molecular complexity index is 371. The first-order valence-electron chi connectivity index (χ1n) is 5.29. The number of carbonyl (C=O) groups excluding carboxylic acids is 3. The summed E-state index contributed by atoms with van der Waals surface area (Å²) in [5.41, 5.74) is 0. The zero-order valence-electron chi connectivity index (χ0n) is 10.4. The number of hydrogen-bond acceptors (Lipinski definition) is 6. The number of carboxylic acids is 1. The van der Waals surface area contributed by atoms with Gasteiger partial charge in [0.25, 0.3) is 0 Å². The summed E-state index contributed by atoms with van der Waals surface area (Å²) in [4.78, 5) is 43.3. The average Bonchev–Trinajstić information content (AvgIpc) is 2.30. The standard InChI is InChI=1S/C10H16N2O7/c1-4(14)11-6(3-13)7(12-5(2)15)8(16)9(17)10(18)19/h3,6-9,16-17H,1-2H3,(H,11,14)(H,12,15)(H,18,19)/t6-,7+,8-,9-/m1/s1. The molecule has 0 rings (SSSR count). The monoisotopic (exact) mass is 276 g/mol.